The predicted molar refractivity (Wildman–Crippen MR) is 162 cm³/mol. The monoisotopic (exact) mass is 634 g/mol. The third-order valence-corrected chi connectivity index (χ3v) is 9.96. The number of esters is 2. The number of aliphatic hydroxyl groups is 2. The van der Waals surface area contributed by atoms with Gasteiger partial charge in [-0.15, -0.1) is 31.4 Å². The van der Waals surface area contributed by atoms with Gasteiger partial charge in [0, 0.05) is 39.1 Å². The van der Waals surface area contributed by atoms with Crippen molar-refractivity contribution in [3.05, 3.63) is 24.3 Å². The van der Waals surface area contributed by atoms with Gasteiger partial charge in [0.15, 0.2) is 24.1 Å². The van der Waals surface area contributed by atoms with Crippen molar-refractivity contribution in [3.63, 3.8) is 0 Å². The lowest BCUT2D eigenvalue weighted by molar-refractivity contribution is -0.305. The van der Waals surface area contributed by atoms with E-state index in [0.29, 0.717) is 25.0 Å². The first kappa shape index (κ1) is 36.7. The SMILES string of the molecule is C=C[C@@]1(C)CC(=O)[C@@]2(O)[C@](C)(O1)[C@@H](OC(=O)COC(=O)CCN1CCN(C)CC1)C=C1C(C)(C)CC[C@H](O)[C@@]12C.Cl.Cl. The number of hydrogen-bond donors (Lipinski definition) is 2. The summed E-state index contributed by atoms with van der Waals surface area (Å²) in [5.41, 5.74) is -6.31. The van der Waals surface area contributed by atoms with Crippen LogP contribution >= 0.6 is 24.8 Å². The summed E-state index contributed by atoms with van der Waals surface area (Å²) >= 11 is 0. The van der Waals surface area contributed by atoms with E-state index in [1.54, 1.807) is 26.8 Å². The molecule has 1 saturated carbocycles. The number of halogens is 2. The van der Waals surface area contributed by atoms with Crippen molar-refractivity contribution in [2.75, 3.05) is 46.4 Å². The van der Waals surface area contributed by atoms with Crippen LogP contribution in [0.25, 0.3) is 0 Å². The molecule has 240 valence electrons. The molecule has 4 rings (SSSR count). The van der Waals surface area contributed by atoms with Gasteiger partial charge in [0.25, 0.3) is 0 Å². The summed E-state index contributed by atoms with van der Waals surface area (Å²) in [6, 6.07) is 0. The molecule has 10 nitrogen and oxygen atoms in total. The summed E-state index contributed by atoms with van der Waals surface area (Å²) < 4.78 is 17.5. The maximum absolute atomic E-state index is 13.9. The number of Topliss-reactive ketones (excluding diaryl/α,β-unsaturated/α-hetero) is 1. The highest BCUT2D eigenvalue weighted by Crippen LogP contribution is 2.64. The van der Waals surface area contributed by atoms with E-state index in [-0.39, 0.29) is 37.7 Å². The van der Waals surface area contributed by atoms with Gasteiger partial charge in [-0.3, -0.25) is 9.59 Å². The number of carbonyl (C=O) groups excluding carboxylic acids is 3. The van der Waals surface area contributed by atoms with Gasteiger partial charge < -0.3 is 34.2 Å². The number of ether oxygens (including phenoxy) is 3. The van der Waals surface area contributed by atoms with Crippen LogP contribution in [0.5, 0.6) is 0 Å². The lowest BCUT2D eigenvalue weighted by Crippen LogP contribution is -2.81. The number of likely N-dealkylation sites (N-methyl/N-ethyl adjacent to an activating group) is 1. The summed E-state index contributed by atoms with van der Waals surface area (Å²) in [5, 5.41) is 23.7. The normalized spacial score (nSPS) is 38.0. The lowest BCUT2D eigenvalue weighted by Gasteiger charge is -2.66. The molecule has 42 heavy (non-hydrogen) atoms. The molecule has 2 heterocycles. The van der Waals surface area contributed by atoms with Crippen LogP contribution in [0.15, 0.2) is 24.3 Å². The molecule has 2 aliphatic heterocycles. The average molecular weight is 636 g/mol. The average Bonchev–Trinajstić information content (AvgIpc) is 2.89. The molecule has 2 aliphatic carbocycles. The lowest BCUT2D eigenvalue weighted by atomic mass is 9.44. The minimum Gasteiger partial charge on any atom is -0.454 e. The van der Waals surface area contributed by atoms with Crippen LogP contribution in [0, 0.1) is 10.8 Å². The van der Waals surface area contributed by atoms with E-state index < -0.39 is 64.2 Å². The van der Waals surface area contributed by atoms with Crippen LogP contribution in [-0.2, 0) is 28.6 Å². The quantitative estimate of drug-likeness (QED) is 0.319. The minimum atomic E-state index is -2.20. The van der Waals surface area contributed by atoms with Gasteiger partial charge in [0.2, 0.25) is 0 Å². The third-order valence-electron chi connectivity index (χ3n) is 9.96. The number of aliphatic hydroxyl groups excluding tert-OH is 1. The number of ketones is 1. The van der Waals surface area contributed by atoms with Crippen molar-refractivity contribution in [3.8, 4) is 0 Å². The molecule has 6 atom stereocenters. The van der Waals surface area contributed by atoms with Crippen LogP contribution < -0.4 is 0 Å². The summed E-state index contributed by atoms with van der Waals surface area (Å²) in [4.78, 5) is 43.7. The Morgan fingerprint density at radius 2 is 1.74 bits per heavy atom. The molecule has 0 bridgehead atoms. The topological polar surface area (TPSA) is 126 Å². The van der Waals surface area contributed by atoms with Gasteiger partial charge in [-0.05, 0) is 52.2 Å². The predicted octanol–water partition coefficient (Wildman–Crippen LogP) is 2.47. The number of piperazine rings is 1. The minimum absolute atomic E-state index is 0. The van der Waals surface area contributed by atoms with Crippen molar-refractivity contribution < 1.29 is 38.8 Å². The van der Waals surface area contributed by atoms with E-state index in [2.05, 4.69) is 23.4 Å². The van der Waals surface area contributed by atoms with Gasteiger partial charge in [-0.1, -0.05) is 25.5 Å². The fourth-order valence-electron chi connectivity index (χ4n) is 7.30. The number of fused-ring (bicyclic) bond motifs is 3. The van der Waals surface area contributed by atoms with Crippen LogP contribution in [0.1, 0.15) is 60.3 Å². The van der Waals surface area contributed by atoms with E-state index in [9.17, 15) is 24.6 Å². The molecule has 2 N–H and O–H groups in total. The summed E-state index contributed by atoms with van der Waals surface area (Å²) in [7, 11) is 2.06. The second kappa shape index (κ2) is 12.8. The number of nitrogens with zero attached hydrogens (tertiary/aromatic N) is 2. The molecule has 2 saturated heterocycles. The van der Waals surface area contributed by atoms with E-state index in [4.69, 9.17) is 14.2 Å². The molecule has 0 aromatic heterocycles. The van der Waals surface area contributed by atoms with Crippen molar-refractivity contribution >= 4 is 42.5 Å². The third kappa shape index (κ3) is 6.05. The molecule has 0 unspecified atom stereocenters. The Labute approximate surface area is 261 Å². The first-order valence-corrected chi connectivity index (χ1v) is 14.3. The maximum atomic E-state index is 13.9. The van der Waals surface area contributed by atoms with E-state index in [1.165, 1.54) is 6.08 Å². The second-order valence-electron chi connectivity index (χ2n) is 13.2. The Morgan fingerprint density at radius 1 is 1.12 bits per heavy atom. The van der Waals surface area contributed by atoms with Gasteiger partial charge in [-0.2, -0.15) is 0 Å². The zero-order valence-electron chi connectivity index (χ0n) is 25.6. The molecule has 3 fully saturated rings. The second-order valence-corrected chi connectivity index (χ2v) is 13.2. The Hall–Kier alpha value is -1.53. The molecule has 12 heteroatoms. The zero-order chi connectivity index (χ0) is 29.7. The highest BCUT2D eigenvalue weighted by Gasteiger charge is 2.76. The summed E-state index contributed by atoms with van der Waals surface area (Å²) in [5.74, 6) is -1.84. The first-order chi connectivity index (χ1) is 18.5. The smallest absolute Gasteiger partial charge is 0.344 e. The Balaban J connectivity index is 0.00000308. The van der Waals surface area contributed by atoms with Crippen LogP contribution in [0.2, 0.25) is 0 Å². The molecular weight excluding hydrogens is 587 g/mol. The van der Waals surface area contributed by atoms with Gasteiger partial charge in [0.1, 0.15) is 5.60 Å². The van der Waals surface area contributed by atoms with Gasteiger partial charge in [-0.25, -0.2) is 4.79 Å². The van der Waals surface area contributed by atoms with Crippen molar-refractivity contribution in [2.24, 2.45) is 10.8 Å². The van der Waals surface area contributed by atoms with Gasteiger partial charge >= 0.3 is 11.9 Å². The molecule has 0 radical (unpaired) electrons. The highest BCUT2D eigenvalue weighted by molar-refractivity contribution is 5.93. The molecule has 0 aromatic rings. The summed E-state index contributed by atoms with van der Waals surface area (Å²) in [6.45, 7) is 16.3. The molecule has 4 aliphatic rings. The van der Waals surface area contributed by atoms with Crippen molar-refractivity contribution in [2.45, 2.75) is 89.3 Å². The first-order valence-electron chi connectivity index (χ1n) is 14.3. The summed E-state index contributed by atoms with van der Waals surface area (Å²) in [6.07, 6.45) is 2.02. The Bertz CT molecular complexity index is 1090. The molecule has 0 aromatic carbocycles. The van der Waals surface area contributed by atoms with E-state index in [0.717, 1.165) is 26.2 Å². The Morgan fingerprint density at radius 3 is 2.33 bits per heavy atom. The Kier molecular flexibility index (Phi) is 11.2. The number of carbonyl (C=O) groups is 3. The van der Waals surface area contributed by atoms with E-state index in [1.807, 2.05) is 13.8 Å². The standard InChI is InChI=1S/C30H46N2O8.2ClH/c1-8-27(4)18-22(34)30(37)28(5)20(26(2,3)11-9-21(28)33)17-23(29(30,6)40-27)39-25(36)19-38-24(35)10-12-32-15-13-31(7)14-16-32;;/h8,17,21,23,33,37H,1,9-16,18-19H2,2-7H3;2*1H/t21-,23-,27-,28+,29+,30-;;/m0../s1. The van der Waals surface area contributed by atoms with Crippen molar-refractivity contribution in [1.29, 1.82) is 0 Å². The number of hydrogen-bond acceptors (Lipinski definition) is 10. The zero-order valence-corrected chi connectivity index (χ0v) is 27.3. The largest absolute Gasteiger partial charge is 0.454 e. The fourth-order valence-corrected chi connectivity index (χ4v) is 7.30. The molecular formula is C30H48Cl2N2O8. The van der Waals surface area contributed by atoms with Crippen LogP contribution in [-0.4, -0.2) is 113 Å². The number of rotatable bonds is 7. The maximum Gasteiger partial charge on any atom is 0.344 e. The van der Waals surface area contributed by atoms with Crippen LogP contribution in [0.4, 0.5) is 0 Å². The molecule has 0 spiro atoms. The van der Waals surface area contributed by atoms with Crippen LogP contribution in [0.3, 0.4) is 0 Å². The van der Waals surface area contributed by atoms with Gasteiger partial charge in [0.05, 0.1) is 23.5 Å². The van der Waals surface area contributed by atoms with E-state index >= 15 is 0 Å². The van der Waals surface area contributed by atoms with Crippen molar-refractivity contribution in [1.82, 2.24) is 9.80 Å². The highest BCUT2D eigenvalue weighted by atomic mass is 35.5. The molecule has 0 amide bonds. The fraction of sp³-hybridized carbons (Fsp3) is 0.767.